The average Bonchev–Trinajstić information content (AvgIpc) is 2.30. The Labute approximate surface area is 90.1 Å². The minimum Gasteiger partial charge on any atom is -0.383 e. The number of aromatic nitrogens is 2. The van der Waals surface area contributed by atoms with Crippen LogP contribution in [0.15, 0.2) is 6.20 Å². The Balaban J connectivity index is 2.17. The molecule has 0 unspecified atom stereocenters. The van der Waals surface area contributed by atoms with Crippen molar-refractivity contribution in [2.75, 3.05) is 5.73 Å². The maximum atomic E-state index is 5.81. The number of nitrogen functional groups attached to an aromatic ring is 1. The van der Waals surface area contributed by atoms with Crippen molar-refractivity contribution in [3.63, 3.8) is 0 Å². The Morgan fingerprint density at radius 3 is 2.60 bits per heavy atom. The predicted molar refractivity (Wildman–Crippen MR) is 60.2 cm³/mol. The van der Waals surface area contributed by atoms with E-state index in [0.717, 1.165) is 11.4 Å². The van der Waals surface area contributed by atoms with Gasteiger partial charge in [-0.15, -0.1) is 0 Å². The molecule has 0 aliphatic heterocycles. The van der Waals surface area contributed by atoms with Crippen molar-refractivity contribution >= 4 is 5.82 Å². The Morgan fingerprint density at radius 1 is 1.27 bits per heavy atom. The summed E-state index contributed by atoms with van der Waals surface area (Å²) >= 11 is 0. The maximum Gasteiger partial charge on any atom is 0.133 e. The number of anilines is 1. The lowest BCUT2D eigenvalue weighted by Gasteiger charge is -2.20. The highest BCUT2D eigenvalue weighted by molar-refractivity contribution is 5.37. The molecule has 0 amide bonds. The summed E-state index contributed by atoms with van der Waals surface area (Å²) in [7, 11) is 0. The first-order valence-electron chi connectivity index (χ1n) is 5.62. The van der Waals surface area contributed by atoms with Gasteiger partial charge in [0.1, 0.15) is 11.6 Å². The van der Waals surface area contributed by atoms with Gasteiger partial charge < -0.3 is 11.5 Å². The van der Waals surface area contributed by atoms with E-state index in [1.807, 2.05) is 0 Å². The Morgan fingerprint density at radius 2 is 2.00 bits per heavy atom. The van der Waals surface area contributed by atoms with Crippen molar-refractivity contribution in [2.45, 2.75) is 44.6 Å². The van der Waals surface area contributed by atoms with Gasteiger partial charge in [-0.1, -0.05) is 19.3 Å². The Hall–Kier alpha value is -1.16. The van der Waals surface area contributed by atoms with Crippen molar-refractivity contribution in [3.8, 4) is 0 Å². The summed E-state index contributed by atoms with van der Waals surface area (Å²) in [5.41, 5.74) is 12.2. The quantitative estimate of drug-likeness (QED) is 0.769. The topological polar surface area (TPSA) is 77.8 Å². The molecule has 0 saturated heterocycles. The highest BCUT2D eigenvalue weighted by Crippen LogP contribution is 2.30. The van der Waals surface area contributed by atoms with Crippen molar-refractivity contribution in [3.05, 3.63) is 17.6 Å². The summed E-state index contributed by atoms with van der Waals surface area (Å²) in [5.74, 6) is 1.96. The van der Waals surface area contributed by atoms with E-state index in [0.29, 0.717) is 18.3 Å². The van der Waals surface area contributed by atoms with Crippen LogP contribution in [0, 0.1) is 0 Å². The summed E-state index contributed by atoms with van der Waals surface area (Å²) in [4.78, 5) is 8.72. The summed E-state index contributed by atoms with van der Waals surface area (Å²) in [6.07, 6.45) is 8.07. The molecule has 1 fully saturated rings. The predicted octanol–water partition coefficient (Wildman–Crippen LogP) is 1.57. The largest absolute Gasteiger partial charge is 0.383 e. The van der Waals surface area contributed by atoms with Crippen LogP contribution in [-0.2, 0) is 6.54 Å². The highest BCUT2D eigenvalue weighted by atomic mass is 15.0. The van der Waals surface area contributed by atoms with Gasteiger partial charge in [-0.2, -0.15) is 0 Å². The van der Waals surface area contributed by atoms with E-state index in [2.05, 4.69) is 9.97 Å². The molecule has 2 rings (SSSR count). The normalized spacial score (nSPS) is 17.9. The van der Waals surface area contributed by atoms with Gasteiger partial charge in [-0.05, 0) is 12.8 Å². The van der Waals surface area contributed by atoms with Crippen molar-refractivity contribution in [1.29, 1.82) is 0 Å². The lowest BCUT2D eigenvalue weighted by atomic mass is 9.88. The lowest BCUT2D eigenvalue weighted by molar-refractivity contribution is 0.428. The van der Waals surface area contributed by atoms with E-state index in [9.17, 15) is 0 Å². The molecule has 4 nitrogen and oxygen atoms in total. The van der Waals surface area contributed by atoms with Gasteiger partial charge >= 0.3 is 0 Å². The molecule has 82 valence electrons. The molecule has 0 aromatic carbocycles. The molecule has 1 saturated carbocycles. The number of nitrogens with two attached hydrogens (primary N) is 2. The first-order chi connectivity index (χ1) is 7.31. The Kier molecular flexibility index (Phi) is 3.16. The highest BCUT2D eigenvalue weighted by Gasteiger charge is 2.18. The first kappa shape index (κ1) is 10.4. The molecule has 1 aliphatic rings. The fraction of sp³-hybridized carbons (Fsp3) is 0.636. The third-order valence-electron chi connectivity index (χ3n) is 3.11. The van der Waals surface area contributed by atoms with Crippen LogP contribution in [0.4, 0.5) is 5.82 Å². The first-order valence-corrected chi connectivity index (χ1v) is 5.62. The van der Waals surface area contributed by atoms with Gasteiger partial charge in [0.05, 0.1) is 0 Å². The summed E-state index contributed by atoms with van der Waals surface area (Å²) in [6.45, 7) is 0.413. The van der Waals surface area contributed by atoms with Crippen LogP contribution in [-0.4, -0.2) is 9.97 Å². The van der Waals surface area contributed by atoms with E-state index in [-0.39, 0.29) is 0 Å². The van der Waals surface area contributed by atoms with Crippen molar-refractivity contribution < 1.29 is 0 Å². The molecular formula is C11H18N4. The van der Waals surface area contributed by atoms with Crippen LogP contribution < -0.4 is 11.5 Å². The molecule has 0 spiro atoms. The second-order valence-corrected chi connectivity index (χ2v) is 4.18. The smallest absolute Gasteiger partial charge is 0.133 e. The molecule has 1 heterocycles. The SMILES string of the molecule is NCc1cnc(C2CCCCC2)nc1N. The van der Waals surface area contributed by atoms with Crippen molar-refractivity contribution in [1.82, 2.24) is 9.97 Å². The summed E-state index contributed by atoms with van der Waals surface area (Å²) < 4.78 is 0. The van der Waals surface area contributed by atoms with Gasteiger partial charge in [-0.25, -0.2) is 9.97 Å². The average molecular weight is 206 g/mol. The van der Waals surface area contributed by atoms with Gasteiger partial charge in [0.25, 0.3) is 0 Å². The molecule has 15 heavy (non-hydrogen) atoms. The van der Waals surface area contributed by atoms with Crippen molar-refractivity contribution in [2.24, 2.45) is 5.73 Å². The molecule has 0 atom stereocenters. The number of hydrogen-bond acceptors (Lipinski definition) is 4. The number of rotatable bonds is 2. The zero-order chi connectivity index (χ0) is 10.7. The van der Waals surface area contributed by atoms with Gasteiger partial charge in [0.15, 0.2) is 0 Å². The van der Waals surface area contributed by atoms with E-state index in [1.165, 1.54) is 32.1 Å². The number of hydrogen-bond donors (Lipinski definition) is 2. The molecule has 1 aliphatic carbocycles. The van der Waals surface area contributed by atoms with Crippen LogP contribution in [0.25, 0.3) is 0 Å². The molecule has 1 aromatic rings. The standard InChI is InChI=1S/C11H18N4/c12-6-9-7-14-11(15-10(9)13)8-4-2-1-3-5-8/h7-8H,1-6,12H2,(H2,13,14,15). The van der Waals surface area contributed by atoms with E-state index >= 15 is 0 Å². The van der Waals surface area contributed by atoms with Crippen LogP contribution in [0.5, 0.6) is 0 Å². The maximum absolute atomic E-state index is 5.81. The van der Waals surface area contributed by atoms with Crippen LogP contribution in [0.1, 0.15) is 49.4 Å². The lowest BCUT2D eigenvalue weighted by Crippen LogP contribution is -2.12. The summed E-state index contributed by atoms with van der Waals surface area (Å²) in [5, 5.41) is 0. The number of nitrogens with zero attached hydrogens (tertiary/aromatic N) is 2. The molecule has 0 radical (unpaired) electrons. The van der Waals surface area contributed by atoms with Gasteiger partial charge in [-0.3, -0.25) is 0 Å². The molecule has 4 heteroatoms. The molecular weight excluding hydrogens is 188 g/mol. The van der Waals surface area contributed by atoms with E-state index in [4.69, 9.17) is 11.5 Å². The van der Waals surface area contributed by atoms with Gasteiger partial charge in [0.2, 0.25) is 0 Å². The zero-order valence-corrected chi connectivity index (χ0v) is 8.95. The minimum absolute atomic E-state index is 0.413. The second-order valence-electron chi connectivity index (χ2n) is 4.18. The van der Waals surface area contributed by atoms with E-state index in [1.54, 1.807) is 6.20 Å². The minimum atomic E-state index is 0.413. The molecule has 1 aromatic heterocycles. The van der Waals surface area contributed by atoms with E-state index < -0.39 is 0 Å². The van der Waals surface area contributed by atoms with Crippen LogP contribution in [0.3, 0.4) is 0 Å². The van der Waals surface area contributed by atoms with Crippen LogP contribution >= 0.6 is 0 Å². The molecule has 0 bridgehead atoms. The zero-order valence-electron chi connectivity index (χ0n) is 8.95. The fourth-order valence-corrected chi connectivity index (χ4v) is 2.15. The third kappa shape index (κ3) is 2.26. The monoisotopic (exact) mass is 206 g/mol. The summed E-state index contributed by atoms with van der Waals surface area (Å²) in [6, 6.07) is 0. The fourth-order valence-electron chi connectivity index (χ4n) is 2.15. The van der Waals surface area contributed by atoms with Crippen LogP contribution in [0.2, 0.25) is 0 Å². The van der Waals surface area contributed by atoms with Gasteiger partial charge in [0, 0.05) is 24.2 Å². The second kappa shape index (κ2) is 4.57. The molecule has 4 N–H and O–H groups in total. The Bertz CT molecular complexity index is 331. The third-order valence-corrected chi connectivity index (χ3v) is 3.11.